The summed E-state index contributed by atoms with van der Waals surface area (Å²) in [4.78, 5) is 12.5. The molecular weight excluding hydrogens is 342 g/mol. The molecular formula is C20H23N5O2. The van der Waals surface area contributed by atoms with Gasteiger partial charge in [0.25, 0.3) is 5.91 Å². The van der Waals surface area contributed by atoms with E-state index < -0.39 is 0 Å². The highest BCUT2D eigenvalue weighted by Crippen LogP contribution is 2.18. The Balaban J connectivity index is 1.72. The lowest BCUT2D eigenvalue weighted by molar-refractivity contribution is 0.0946. The lowest BCUT2D eigenvalue weighted by atomic mass is 10.1. The number of anilines is 1. The number of nitrogens with zero attached hydrogens (tertiary/aromatic N) is 3. The molecule has 0 aliphatic rings. The van der Waals surface area contributed by atoms with Gasteiger partial charge in [-0.25, -0.2) is 4.68 Å². The number of nitrogen functional groups attached to an aromatic ring is 1. The van der Waals surface area contributed by atoms with Crippen LogP contribution in [0.25, 0.3) is 0 Å². The van der Waals surface area contributed by atoms with Crippen LogP contribution in [0.15, 0.2) is 42.5 Å². The molecule has 2 aromatic carbocycles. The quantitative estimate of drug-likeness (QED) is 0.700. The maximum absolute atomic E-state index is 12.5. The standard InChI is InChI=1S/C20H23N5O2/c1-13-8-9-14(2)16(10-13)12-25-19(21)18(23-24-25)20(26)22-11-15-6-4-5-7-17(15)27-3/h4-10H,11-12,21H2,1-3H3,(H,22,26). The van der Waals surface area contributed by atoms with Gasteiger partial charge < -0.3 is 15.8 Å². The van der Waals surface area contributed by atoms with Crippen molar-refractivity contribution in [3.8, 4) is 5.75 Å². The fourth-order valence-electron chi connectivity index (χ4n) is 2.84. The van der Waals surface area contributed by atoms with Crippen LogP contribution in [0, 0.1) is 13.8 Å². The molecule has 3 rings (SSSR count). The van der Waals surface area contributed by atoms with Crippen LogP contribution < -0.4 is 15.8 Å². The Morgan fingerprint density at radius 3 is 2.74 bits per heavy atom. The van der Waals surface area contributed by atoms with Gasteiger partial charge in [-0.2, -0.15) is 0 Å². The van der Waals surface area contributed by atoms with Crippen LogP contribution in [0.4, 0.5) is 5.82 Å². The maximum atomic E-state index is 12.5. The molecule has 0 saturated heterocycles. The number of nitrogens with one attached hydrogen (secondary N) is 1. The number of carbonyl (C=O) groups excluding carboxylic acids is 1. The Bertz CT molecular complexity index is 965. The molecule has 1 heterocycles. The fraction of sp³-hybridized carbons (Fsp3) is 0.250. The molecule has 3 aromatic rings. The van der Waals surface area contributed by atoms with E-state index >= 15 is 0 Å². The second-order valence-corrected chi connectivity index (χ2v) is 6.41. The van der Waals surface area contributed by atoms with Crippen LogP contribution in [0.2, 0.25) is 0 Å². The van der Waals surface area contributed by atoms with Crippen molar-refractivity contribution in [1.29, 1.82) is 0 Å². The first-order valence-corrected chi connectivity index (χ1v) is 8.64. The van der Waals surface area contributed by atoms with E-state index in [9.17, 15) is 4.79 Å². The number of hydrogen-bond acceptors (Lipinski definition) is 5. The van der Waals surface area contributed by atoms with Gasteiger partial charge in [0, 0.05) is 12.1 Å². The van der Waals surface area contributed by atoms with Crippen molar-refractivity contribution in [2.45, 2.75) is 26.9 Å². The van der Waals surface area contributed by atoms with E-state index in [-0.39, 0.29) is 17.4 Å². The Hall–Kier alpha value is -3.35. The van der Waals surface area contributed by atoms with Gasteiger partial charge >= 0.3 is 0 Å². The lowest BCUT2D eigenvalue weighted by Gasteiger charge is -2.09. The van der Waals surface area contributed by atoms with Crippen molar-refractivity contribution >= 4 is 11.7 Å². The molecule has 1 aromatic heterocycles. The molecule has 3 N–H and O–H groups in total. The molecule has 0 atom stereocenters. The summed E-state index contributed by atoms with van der Waals surface area (Å²) in [6, 6.07) is 13.7. The summed E-state index contributed by atoms with van der Waals surface area (Å²) in [6.45, 7) is 4.84. The number of carbonyl (C=O) groups is 1. The monoisotopic (exact) mass is 365 g/mol. The van der Waals surface area contributed by atoms with Gasteiger partial charge in [-0.1, -0.05) is 47.2 Å². The summed E-state index contributed by atoms with van der Waals surface area (Å²) in [5.41, 5.74) is 10.5. The SMILES string of the molecule is COc1ccccc1CNC(=O)c1nnn(Cc2cc(C)ccc2C)c1N. The van der Waals surface area contributed by atoms with E-state index in [1.807, 2.05) is 38.1 Å². The van der Waals surface area contributed by atoms with E-state index in [2.05, 4.69) is 33.8 Å². The highest BCUT2D eigenvalue weighted by molar-refractivity contribution is 5.96. The predicted octanol–water partition coefficient (Wildman–Crippen LogP) is 2.46. The summed E-state index contributed by atoms with van der Waals surface area (Å²) in [5.74, 6) is 0.586. The molecule has 0 spiro atoms. The van der Waals surface area contributed by atoms with Gasteiger partial charge in [-0.15, -0.1) is 5.10 Å². The molecule has 0 bridgehead atoms. The first kappa shape index (κ1) is 18.4. The zero-order valence-electron chi connectivity index (χ0n) is 15.7. The third-order valence-corrected chi connectivity index (χ3v) is 4.45. The van der Waals surface area contributed by atoms with E-state index in [0.29, 0.717) is 18.8 Å². The average molecular weight is 365 g/mol. The van der Waals surface area contributed by atoms with Gasteiger partial charge in [0.2, 0.25) is 0 Å². The normalized spacial score (nSPS) is 10.6. The van der Waals surface area contributed by atoms with Crippen molar-refractivity contribution < 1.29 is 9.53 Å². The highest BCUT2D eigenvalue weighted by Gasteiger charge is 2.18. The van der Waals surface area contributed by atoms with Gasteiger partial charge in [0.15, 0.2) is 11.5 Å². The van der Waals surface area contributed by atoms with Crippen LogP contribution in [0.3, 0.4) is 0 Å². The van der Waals surface area contributed by atoms with Crippen molar-refractivity contribution in [2.24, 2.45) is 0 Å². The molecule has 0 saturated carbocycles. The van der Waals surface area contributed by atoms with Crippen molar-refractivity contribution in [2.75, 3.05) is 12.8 Å². The van der Waals surface area contributed by atoms with Crippen molar-refractivity contribution in [3.63, 3.8) is 0 Å². The molecule has 0 unspecified atom stereocenters. The van der Waals surface area contributed by atoms with Gasteiger partial charge in [0.05, 0.1) is 13.7 Å². The number of aromatic nitrogens is 3. The number of amides is 1. The number of benzene rings is 2. The summed E-state index contributed by atoms with van der Waals surface area (Å²) in [5, 5.41) is 10.8. The first-order valence-electron chi connectivity index (χ1n) is 8.64. The van der Waals surface area contributed by atoms with E-state index in [1.54, 1.807) is 11.8 Å². The Morgan fingerprint density at radius 2 is 1.96 bits per heavy atom. The Kier molecular flexibility index (Phi) is 5.40. The maximum Gasteiger partial charge on any atom is 0.275 e. The first-order chi connectivity index (χ1) is 13.0. The number of ether oxygens (including phenoxy) is 1. The molecule has 27 heavy (non-hydrogen) atoms. The molecule has 140 valence electrons. The number of hydrogen-bond donors (Lipinski definition) is 2. The minimum Gasteiger partial charge on any atom is -0.496 e. The molecule has 0 fully saturated rings. The second kappa shape index (κ2) is 7.90. The lowest BCUT2D eigenvalue weighted by Crippen LogP contribution is -2.24. The molecule has 0 aliphatic carbocycles. The number of rotatable bonds is 6. The van der Waals surface area contributed by atoms with Crippen LogP contribution in [0.1, 0.15) is 32.7 Å². The van der Waals surface area contributed by atoms with Crippen molar-refractivity contribution in [1.82, 2.24) is 20.3 Å². The number of para-hydroxylation sites is 1. The van der Waals surface area contributed by atoms with E-state index in [4.69, 9.17) is 10.5 Å². The Morgan fingerprint density at radius 1 is 1.19 bits per heavy atom. The minimum absolute atomic E-state index is 0.121. The minimum atomic E-state index is -0.370. The van der Waals surface area contributed by atoms with Crippen molar-refractivity contribution in [3.05, 3.63) is 70.4 Å². The van der Waals surface area contributed by atoms with E-state index in [1.165, 1.54) is 0 Å². The predicted molar refractivity (Wildman–Crippen MR) is 104 cm³/mol. The summed E-state index contributed by atoms with van der Waals surface area (Å²) < 4.78 is 6.83. The van der Waals surface area contributed by atoms with Crippen LogP contribution >= 0.6 is 0 Å². The number of nitrogens with two attached hydrogens (primary N) is 1. The van der Waals surface area contributed by atoms with Gasteiger partial charge in [-0.3, -0.25) is 4.79 Å². The zero-order valence-corrected chi connectivity index (χ0v) is 15.7. The fourth-order valence-corrected chi connectivity index (χ4v) is 2.84. The summed E-state index contributed by atoms with van der Waals surface area (Å²) >= 11 is 0. The van der Waals surface area contributed by atoms with Crippen LogP contribution in [-0.2, 0) is 13.1 Å². The highest BCUT2D eigenvalue weighted by atomic mass is 16.5. The summed E-state index contributed by atoms with van der Waals surface area (Å²) in [7, 11) is 1.59. The van der Waals surface area contributed by atoms with Gasteiger partial charge in [0.1, 0.15) is 5.75 Å². The topological polar surface area (TPSA) is 95.1 Å². The largest absolute Gasteiger partial charge is 0.496 e. The Labute approximate surface area is 158 Å². The van der Waals surface area contributed by atoms with Crippen LogP contribution in [0.5, 0.6) is 5.75 Å². The molecule has 1 amide bonds. The third-order valence-electron chi connectivity index (χ3n) is 4.45. The van der Waals surface area contributed by atoms with Crippen LogP contribution in [-0.4, -0.2) is 28.0 Å². The number of aryl methyl sites for hydroxylation is 2. The second-order valence-electron chi connectivity index (χ2n) is 6.41. The smallest absolute Gasteiger partial charge is 0.275 e. The molecule has 7 heteroatoms. The molecule has 0 aliphatic heterocycles. The summed E-state index contributed by atoms with van der Waals surface area (Å²) in [6.07, 6.45) is 0. The third kappa shape index (κ3) is 4.08. The zero-order chi connectivity index (χ0) is 19.4. The van der Waals surface area contributed by atoms with E-state index in [0.717, 1.165) is 22.3 Å². The molecule has 7 nitrogen and oxygen atoms in total. The number of methoxy groups -OCH3 is 1. The average Bonchev–Trinajstić information content (AvgIpc) is 3.03. The molecule has 0 radical (unpaired) electrons. The van der Waals surface area contributed by atoms with Gasteiger partial charge in [-0.05, 0) is 31.0 Å².